The summed E-state index contributed by atoms with van der Waals surface area (Å²) < 4.78 is 4.74. The summed E-state index contributed by atoms with van der Waals surface area (Å²) >= 11 is 3.15. The fourth-order valence-corrected chi connectivity index (χ4v) is 0.632. The fourth-order valence-electron chi connectivity index (χ4n) is 0.470. The first-order chi connectivity index (χ1) is 5.16. The minimum Gasteiger partial charge on any atom is -0.449 e. The largest absolute Gasteiger partial charge is 0.449 e. The summed E-state index contributed by atoms with van der Waals surface area (Å²) in [4.78, 5) is 10.8. The van der Waals surface area contributed by atoms with E-state index in [9.17, 15) is 4.79 Å². The SMILES string of the molecule is CC(C)CNC(=O)OCCBr. The van der Waals surface area contributed by atoms with Gasteiger partial charge in [0.1, 0.15) is 6.61 Å². The second-order valence-corrected chi connectivity index (χ2v) is 3.39. The highest BCUT2D eigenvalue weighted by atomic mass is 79.9. The number of carbonyl (C=O) groups excluding carboxylic acids is 1. The average molecular weight is 224 g/mol. The maximum absolute atomic E-state index is 10.8. The molecule has 0 aromatic carbocycles. The lowest BCUT2D eigenvalue weighted by atomic mass is 10.2. The molecule has 0 aromatic heterocycles. The summed E-state index contributed by atoms with van der Waals surface area (Å²) in [7, 11) is 0. The molecular weight excluding hydrogens is 210 g/mol. The van der Waals surface area contributed by atoms with Gasteiger partial charge in [-0.05, 0) is 5.92 Å². The quantitative estimate of drug-likeness (QED) is 0.739. The molecule has 0 heterocycles. The normalized spacial score (nSPS) is 9.82. The van der Waals surface area contributed by atoms with Crippen molar-refractivity contribution in [2.75, 3.05) is 18.5 Å². The molecule has 0 unspecified atom stereocenters. The van der Waals surface area contributed by atoms with Crippen molar-refractivity contribution in [3.8, 4) is 0 Å². The monoisotopic (exact) mass is 223 g/mol. The maximum Gasteiger partial charge on any atom is 0.407 e. The van der Waals surface area contributed by atoms with Gasteiger partial charge in [0.05, 0.1) is 0 Å². The Morgan fingerprint density at radius 1 is 1.64 bits per heavy atom. The molecule has 0 saturated carbocycles. The Hall–Kier alpha value is -0.250. The van der Waals surface area contributed by atoms with E-state index in [0.717, 1.165) is 0 Å². The Morgan fingerprint density at radius 2 is 2.27 bits per heavy atom. The fraction of sp³-hybridized carbons (Fsp3) is 0.857. The van der Waals surface area contributed by atoms with Crippen LogP contribution in [0.4, 0.5) is 4.79 Å². The van der Waals surface area contributed by atoms with Gasteiger partial charge in [-0.25, -0.2) is 4.79 Å². The van der Waals surface area contributed by atoms with Crippen molar-refractivity contribution in [1.29, 1.82) is 0 Å². The van der Waals surface area contributed by atoms with E-state index in [-0.39, 0.29) is 6.09 Å². The number of carbonyl (C=O) groups is 1. The van der Waals surface area contributed by atoms with Crippen LogP contribution in [0.1, 0.15) is 13.8 Å². The lowest BCUT2D eigenvalue weighted by Crippen LogP contribution is -2.28. The van der Waals surface area contributed by atoms with Crippen LogP contribution in [0.15, 0.2) is 0 Å². The predicted molar refractivity (Wildman–Crippen MR) is 48.0 cm³/mol. The van der Waals surface area contributed by atoms with Crippen molar-refractivity contribution in [2.45, 2.75) is 13.8 Å². The molecule has 3 nitrogen and oxygen atoms in total. The molecule has 0 aliphatic carbocycles. The summed E-state index contributed by atoms with van der Waals surface area (Å²) in [5.41, 5.74) is 0. The standard InChI is InChI=1S/C7H14BrNO2/c1-6(2)5-9-7(10)11-4-3-8/h6H,3-5H2,1-2H3,(H,9,10). The minimum atomic E-state index is -0.335. The Morgan fingerprint density at radius 3 is 2.73 bits per heavy atom. The molecule has 1 N–H and O–H groups in total. The summed E-state index contributed by atoms with van der Waals surface area (Å²) in [6.07, 6.45) is -0.335. The van der Waals surface area contributed by atoms with Gasteiger partial charge in [0.2, 0.25) is 0 Å². The average Bonchev–Trinajstić information content (AvgIpc) is 1.97. The highest BCUT2D eigenvalue weighted by Crippen LogP contribution is 1.88. The first-order valence-corrected chi connectivity index (χ1v) is 4.75. The van der Waals surface area contributed by atoms with E-state index in [0.29, 0.717) is 24.4 Å². The van der Waals surface area contributed by atoms with Gasteiger partial charge in [0.15, 0.2) is 0 Å². The van der Waals surface area contributed by atoms with Crippen molar-refractivity contribution in [1.82, 2.24) is 5.32 Å². The molecule has 0 saturated heterocycles. The van der Waals surface area contributed by atoms with Crippen LogP contribution in [0.5, 0.6) is 0 Å². The van der Waals surface area contributed by atoms with Crippen LogP contribution in [-0.2, 0) is 4.74 Å². The van der Waals surface area contributed by atoms with Crippen LogP contribution in [0.25, 0.3) is 0 Å². The molecule has 0 aromatic rings. The lowest BCUT2D eigenvalue weighted by Gasteiger charge is -2.06. The number of ether oxygens (including phenoxy) is 1. The number of alkyl halides is 1. The van der Waals surface area contributed by atoms with Gasteiger partial charge in [-0.15, -0.1) is 0 Å². The van der Waals surface area contributed by atoms with Gasteiger partial charge < -0.3 is 10.1 Å². The molecule has 0 aliphatic heterocycles. The topological polar surface area (TPSA) is 38.3 Å². The zero-order chi connectivity index (χ0) is 8.69. The van der Waals surface area contributed by atoms with Crippen molar-refractivity contribution in [3.63, 3.8) is 0 Å². The van der Waals surface area contributed by atoms with Crippen LogP contribution >= 0.6 is 15.9 Å². The number of rotatable bonds is 4. The third-order valence-electron chi connectivity index (χ3n) is 0.965. The Kier molecular flexibility index (Phi) is 6.31. The van der Waals surface area contributed by atoms with Crippen molar-refractivity contribution in [3.05, 3.63) is 0 Å². The summed E-state index contributed by atoms with van der Waals surface area (Å²) in [6.45, 7) is 5.15. The van der Waals surface area contributed by atoms with Crippen LogP contribution < -0.4 is 5.32 Å². The third-order valence-corrected chi connectivity index (χ3v) is 1.29. The summed E-state index contributed by atoms with van der Waals surface area (Å²) in [5.74, 6) is 0.464. The molecule has 0 fully saturated rings. The lowest BCUT2D eigenvalue weighted by molar-refractivity contribution is 0.152. The number of nitrogens with one attached hydrogen (secondary N) is 1. The molecule has 0 atom stereocenters. The second-order valence-electron chi connectivity index (χ2n) is 2.60. The first kappa shape index (κ1) is 10.8. The van der Waals surface area contributed by atoms with Crippen molar-refractivity contribution in [2.24, 2.45) is 5.92 Å². The first-order valence-electron chi connectivity index (χ1n) is 3.63. The Balaban J connectivity index is 3.23. The smallest absolute Gasteiger partial charge is 0.407 e. The molecule has 66 valence electrons. The minimum absolute atomic E-state index is 0.335. The number of hydrogen-bond donors (Lipinski definition) is 1. The van der Waals surface area contributed by atoms with Gasteiger partial charge >= 0.3 is 6.09 Å². The second kappa shape index (κ2) is 6.46. The zero-order valence-electron chi connectivity index (χ0n) is 6.89. The summed E-state index contributed by atoms with van der Waals surface area (Å²) in [5, 5.41) is 3.32. The Bertz CT molecular complexity index is 117. The third kappa shape index (κ3) is 7.65. The molecule has 0 spiro atoms. The van der Waals surface area contributed by atoms with Gasteiger partial charge in [0.25, 0.3) is 0 Å². The number of hydrogen-bond acceptors (Lipinski definition) is 2. The molecule has 0 radical (unpaired) electrons. The highest BCUT2D eigenvalue weighted by Gasteiger charge is 2.00. The van der Waals surface area contributed by atoms with Crippen LogP contribution in [0.3, 0.4) is 0 Å². The maximum atomic E-state index is 10.8. The molecule has 0 aliphatic rings. The summed E-state index contributed by atoms with van der Waals surface area (Å²) in [6, 6.07) is 0. The molecule has 4 heteroatoms. The van der Waals surface area contributed by atoms with Gasteiger partial charge in [-0.3, -0.25) is 0 Å². The Labute approximate surface area is 75.6 Å². The van der Waals surface area contributed by atoms with Crippen LogP contribution in [0, 0.1) is 5.92 Å². The van der Waals surface area contributed by atoms with Gasteiger partial charge in [-0.1, -0.05) is 29.8 Å². The molecular formula is C7H14BrNO2. The molecule has 0 bridgehead atoms. The van der Waals surface area contributed by atoms with E-state index >= 15 is 0 Å². The van der Waals surface area contributed by atoms with Crippen LogP contribution in [0.2, 0.25) is 0 Å². The van der Waals surface area contributed by atoms with E-state index in [1.54, 1.807) is 0 Å². The van der Waals surface area contributed by atoms with E-state index < -0.39 is 0 Å². The van der Waals surface area contributed by atoms with E-state index in [2.05, 4.69) is 21.2 Å². The molecule has 0 rings (SSSR count). The number of amides is 1. The predicted octanol–water partition coefficient (Wildman–Crippen LogP) is 1.76. The van der Waals surface area contributed by atoms with Crippen molar-refractivity contribution >= 4 is 22.0 Å². The van der Waals surface area contributed by atoms with Gasteiger partial charge in [-0.2, -0.15) is 0 Å². The van der Waals surface area contributed by atoms with E-state index in [1.807, 2.05) is 13.8 Å². The van der Waals surface area contributed by atoms with Crippen molar-refractivity contribution < 1.29 is 9.53 Å². The molecule has 11 heavy (non-hydrogen) atoms. The number of halogens is 1. The zero-order valence-corrected chi connectivity index (χ0v) is 8.48. The van der Waals surface area contributed by atoms with E-state index in [4.69, 9.17) is 4.74 Å². The highest BCUT2D eigenvalue weighted by molar-refractivity contribution is 9.09. The number of alkyl carbamates (subject to hydrolysis) is 1. The van der Waals surface area contributed by atoms with Gasteiger partial charge in [0, 0.05) is 11.9 Å². The molecule has 1 amide bonds. The van der Waals surface area contributed by atoms with Crippen LogP contribution in [-0.4, -0.2) is 24.6 Å². The van der Waals surface area contributed by atoms with E-state index in [1.165, 1.54) is 0 Å².